The van der Waals surface area contributed by atoms with E-state index in [0.29, 0.717) is 25.9 Å². The van der Waals surface area contributed by atoms with Crippen LogP contribution < -0.4 is 5.32 Å². The number of carboxylic acids is 1. The summed E-state index contributed by atoms with van der Waals surface area (Å²) in [5.41, 5.74) is -0.0613. The number of rotatable bonds is 4. The number of amides is 2. The fourth-order valence-corrected chi connectivity index (χ4v) is 2.62. The Morgan fingerprint density at radius 1 is 1.48 bits per heavy atom. The number of carbonyl (C=O) groups excluding carboxylic acids is 1. The number of hydrogen-bond donors (Lipinski definition) is 2. The highest BCUT2D eigenvalue weighted by molar-refractivity contribution is 5.86. The molecule has 1 aliphatic rings. The zero-order valence-electron chi connectivity index (χ0n) is 12.2. The molecule has 1 unspecified atom stereocenters. The van der Waals surface area contributed by atoms with Crippen molar-refractivity contribution in [2.24, 2.45) is 0 Å². The highest BCUT2D eigenvalue weighted by atomic mass is 16.4. The van der Waals surface area contributed by atoms with Crippen LogP contribution in [0.3, 0.4) is 0 Å². The molecule has 1 saturated heterocycles. The molecule has 0 radical (unpaired) electrons. The second-order valence-electron chi connectivity index (χ2n) is 5.53. The van der Waals surface area contributed by atoms with Crippen molar-refractivity contribution in [3.05, 3.63) is 30.1 Å². The van der Waals surface area contributed by atoms with Gasteiger partial charge in [-0.3, -0.25) is 4.98 Å². The van der Waals surface area contributed by atoms with E-state index < -0.39 is 11.5 Å². The summed E-state index contributed by atoms with van der Waals surface area (Å²) in [4.78, 5) is 29.2. The van der Waals surface area contributed by atoms with E-state index in [-0.39, 0.29) is 6.03 Å². The van der Waals surface area contributed by atoms with Gasteiger partial charge < -0.3 is 15.3 Å². The standard InChI is InChI=1S/C15H21N3O3/c1-15(13(19)20)7-2-3-10-18(15)14(21)17-9-6-12-5-4-8-16-11-12/h4-5,8,11H,2-3,6-7,9-10H2,1H3,(H,17,21)(H,19,20). The minimum atomic E-state index is -1.10. The molecule has 1 aromatic heterocycles. The first-order valence-electron chi connectivity index (χ1n) is 7.22. The lowest BCUT2D eigenvalue weighted by Gasteiger charge is -2.41. The van der Waals surface area contributed by atoms with Crippen LogP contribution in [0.1, 0.15) is 31.7 Å². The van der Waals surface area contributed by atoms with Gasteiger partial charge in [-0.15, -0.1) is 0 Å². The number of aromatic nitrogens is 1. The molecule has 114 valence electrons. The minimum absolute atomic E-state index is 0.302. The van der Waals surface area contributed by atoms with Gasteiger partial charge in [-0.2, -0.15) is 0 Å². The summed E-state index contributed by atoms with van der Waals surface area (Å²) in [6.45, 7) is 2.58. The molecule has 6 nitrogen and oxygen atoms in total. The second-order valence-corrected chi connectivity index (χ2v) is 5.53. The Bertz CT molecular complexity index is 506. The summed E-state index contributed by atoms with van der Waals surface area (Å²) in [5, 5.41) is 12.2. The van der Waals surface area contributed by atoms with Crippen LogP contribution in [-0.2, 0) is 11.2 Å². The lowest BCUT2D eigenvalue weighted by atomic mass is 9.89. The molecule has 0 spiro atoms. The molecule has 0 aromatic carbocycles. The van der Waals surface area contributed by atoms with Crippen molar-refractivity contribution in [3.8, 4) is 0 Å². The van der Waals surface area contributed by atoms with Gasteiger partial charge in [0, 0.05) is 25.5 Å². The van der Waals surface area contributed by atoms with E-state index in [1.54, 1.807) is 19.3 Å². The van der Waals surface area contributed by atoms with E-state index in [1.165, 1.54) is 4.90 Å². The van der Waals surface area contributed by atoms with E-state index in [0.717, 1.165) is 18.4 Å². The molecular weight excluding hydrogens is 270 g/mol. The van der Waals surface area contributed by atoms with Crippen LogP contribution in [0.5, 0.6) is 0 Å². The number of carbonyl (C=O) groups is 2. The molecule has 0 aliphatic carbocycles. The van der Waals surface area contributed by atoms with Crippen molar-refractivity contribution in [1.29, 1.82) is 0 Å². The Balaban J connectivity index is 1.91. The molecule has 1 fully saturated rings. The molecule has 0 bridgehead atoms. The van der Waals surface area contributed by atoms with Crippen molar-refractivity contribution < 1.29 is 14.7 Å². The Morgan fingerprint density at radius 3 is 2.95 bits per heavy atom. The molecule has 0 saturated carbocycles. The Morgan fingerprint density at radius 2 is 2.29 bits per heavy atom. The van der Waals surface area contributed by atoms with Crippen molar-refractivity contribution in [2.45, 2.75) is 38.1 Å². The van der Waals surface area contributed by atoms with Gasteiger partial charge in [0.25, 0.3) is 0 Å². The molecular formula is C15H21N3O3. The van der Waals surface area contributed by atoms with Crippen LogP contribution in [0.25, 0.3) is 0 Å². The Hall–Kier alpha value is -2.11. The fourth-order valence-electron chi connectivity index (χ4n) is 2.62. The van der Waals surface area contributed by atoms with Gasteiger partial charge in [-0.1, -0.05) is 6.07 Å². The van der Waals surface area contributed by atoms with Crippen molar-refractivity contribution in [1.82, 2.24) is 15.2 Å². The van der Waals surface area contributed by atoms with Gasteiger partial charge in [0.1, 0.15) is 5.54 Å². The van der Waals surface area contributed by atoms with Crippen LogP contribution in [0.15, 0.2) is 24.5 Å². The number of nitrogens with one attached hydrogen (secondary N) is 1. The van der Waals surface area contributed by atoms with Gasteiger partial charge in [-0.25, -0.2) is 9.59 Å². The van der Waals surface area contributed by atoms with Crippen molar-refractivity contribution in [3.63, 3.8) is 0 Å². The van der Waals surface area contributed by atoms with Crippen molar-refractivity contribution >= 4 is 12.0 Å². The molecule has 2 rings (SSSR count). The third-order valence-corrected chi connectivity index (χ3v) is 4.01. The third kappa shape index (κ3) is 3.51. The predicted molar refractivity (Wildman–Crippen MR) is 77.9 cm³/mol. The van der Waals surface area contributed by atoms with Crippen LogP contribution >= 0.6 is 0 Å². The first-order valence-corrected chi connectivity index (χ1v) is 7.22. The van der Waals surface area contributed by atoms with E-state index >= 15 is 0 Å². The summed E-state index contributed by atoms with van der Waals surface area (Å²) in [5.74, 6) is -0.940. The Kier molecular flexibility index (Phi) is 4.77. The van der Waals surface area contributed by atoms with Gasteiger partial charge in [0.15, 0.2) is 0 Å². The van der Waals surface area contributed by atoms with Crippen LogP contribution in [0.2, 0.25) is 0 Å². The maximum absolute atomic E-state index is 12.2. The van der Waals surface area contributed by atoms with Crippen LogP contribution in [0, 0.1) is 0 Å². The topological polar surface area (TPSA) is 82.5 Å². The van der Waals surface area contributed by atoms with E-state index in [4.69, 9.17) is 0 Å². The molecule has 2 amide bonds. The minimum Gasteiger partial charge on any atom is -0.480 e. The summed E-state index contributed by atoms with van der Waals surface area (Å²) >= 11 is 0. The van der Waals surface area contributed by atoms with Crippen LogP contribution in [0.4, 0.5) is 4.79 Å². The zero-order chi connectivity index (χ0) is 15.3. The first kappa shape index (κ1) is 15.3. The smallest absolute Gasteiger partial charge is 0.329 e. The number of pyridine rings is 1. The molecule has 2 heterocycles. The number of likely N-dealkylation sites (tertiary alicyclic amines) is 1. The number of nitrogens with zero attached hydrogens (tertiary/aromatic N) is 2. The highest BCUT2D eigenvalue weighted by Crippen LogP contribution is 2.28. The highest BCUT2D eigenvalue weighted by Gasteiger charge is 2.43. The van der Waals surface area contributed by atoms with Gasteiger partial charge in [-0.05, 0) is 44.2 Å². The van der Waals surface area contributed by atoms with Crippen molar-refractivity contribution in [2.75, 3.05) is 13.1 Å². The maximum Gasteiger partial charge on any atom is 0.329 e. The fraction of sp³-hybridized carbons (Fsp3) is 0.533. The molecule has 1 aromatic rings. The lowest BCUT2D eigenvalue weighted by Crippen LogP contribution is -2.60. The second kappa shape index (κ2) is 6.56. The third-order valence-electron chi connectivity index (χ3n) is 4.01. The van der Waals surface area contributed by atoms with E-state index in [9.17, 15) is 14.7 Å². The maximum atomic E-state index is 12.2. The van der Waals surface area contributed by atoms with E-state index in [1.807, 2.05) is 12.1 Å². The molecule has 1 atom stereocenters. The lowest BCUT2D eigenvalue weighted by molar-refractivity contribution is -0.150. The molecule has 21 heavy (non-hydrogen) atoms. The molecule has 6 heteroatoms. The summed E-state index contributed by atoms with van der Waals surface area (Å²) in [7, 11) is 0. The number of carboxylic acid groups (broad SMARTS) is 1. The van der Waals surface area contributed by atoms with Gasteiger partial charge >= 0.3 is 12.0 Å². The number of piperidine rings is 1. The predicted octanol–water partition coefficient (Wildman–Crippen LogP) is 1.66. The molecule has 2 N–H and O–H groups in total. The normalized spacial score (nSPS) is 21.9. The first-order chi connectivity index (χ1) is 10.0. The quantitative estimate of drug-likeness (QED) is 0.884. The van der Waals surface area contributed by atoms with Gasteiger partial charge in [0.05, 0.1) is 0 Å². The average Bonchev–Trinajstić information content (AvgIpc) is 2.48. The number of urea groups is 1. The largest absolute Gasteiger partial charge is 0.480 e. The Labute approximate surface area is 124 Å². The summed E-state index contributed by atoms with van der Waals surface area (Å²) < 4.78 is 0. The summed E-state index contributed by atoms with van der Waals surface area (Å²) in [6.07, 6.45) is 6.32. The number of hydrogen-bond acceptors (Lipinski definition) is 3. The SMILES string of the molecule is CC1(C(=O)O)CCCCN1C(=O)NCCc1cccnc1. The van der Waals surface area contributed by atoms with E-state index in [2.05, 4.69) is 10.3 Å². The van der Waals surface area contributed by atoms with Crippen LogP contribution in [-0.4, -0.2) is 45.6 Å². The summed E-state index contributed by atoms with van der Waals surface area (Å²) in [6, 6.07) is 3.49. The zero-order valence-corrected chi connectivity index (χ0v) is 12.2. The monoisotopic (exact) mass is 291 g/mol. The molecule has 1 aliphatic heterocycles. The van der Waals surface area contributed by atoms with Gasteiger partial charge in [0.2, 0.25) is 0 Å². The number of aliphatic carboxylic acids is 1. The average molecular weight is 291 g/mol.